The van der Waals surface area contributed by atoms with Crippen LogP contribution in [0.5, 0.6) is 5.75 Å². The van der Waals surface area contributed by atoms with Gasteiger partial charge in [-0.3, -0.25) is 9.88 Å². The van der Waals surface area contributed by atoms with Crippen molar-refractivity contribution in [3.63, 3.8) is 0 Å². The fourth-order valence-electron chi connectivity index (χ4n) is 5.12. The second-order valence-corrected chi connectivity index (χ2v) is 11.0. The summed E-state index contributed by atoms with van der Waals surface area (Å²) in [5, 5.41) is 14.5. The fraction of sp³-hybridized carbons (Fsp3) is 0.324. The van der Waals surface area contributed by atoms with Crippen molar-refractivity contribution in [2.24, 2.45) is 0 Å². The normalized spacial score (nSPS) is 11.4. The van der Waals surface area contributed by atoms with Gasteiger partial charge >= 0.3 is 0 Å². The molecule has 0 amide bonds. The zero-order chi connectivity index (χ0) is 30.0. The Bertz CT molecular complexity index is 1620. The van der Waals surface area contributed by atoms with Crippen LogP contribution in [0.4, 0.5) is 11.5 Å². The highest BCUT2D eigenvalue weighted by Gasteiger charge is 2.14. The van der Waals surface area contributed by atoms with E-state index in [1.165, 1.54) is 30.4 Å². The van der Waals surface area contributed by atoms with E-state index in [1.807, 2.05) is 42.5 Å². The average Bonchev–Trinajstić information content (AvgIpc) is 3.43. The molecule has 9 heteroatoms. The summed E-state index contributed by atoms with van der Waals surface area (Å²) in [6.07, 6.45) is 11.9. The predicted octanol–water partition coefficient (Wildman–Crippen LogP) is 7.34. The number of hydrogen-bond acceptors (Lipinski definition) is 7. The average molecular weight is 599 g/mol. The van der Waals surface area contributed by atoms with E-state index in [-0.39, 0.29) is 6.61 Å². The maximum Gasteiger partial charge on any atom is 0.141 e. The van der Waals surface area contributed by atoms with E-state index in [0.717, 1.165) is 47.6 Å². The molecule has 8 nitrogen and oxygen atoms in total. The topological polar surface area (TPSA) is 88.3 Å². The second kappa shape index (κ2) is 15.0. The molecule has 0 aliphatic heterocycles. The Morgan fingerprint density at radius 3 is 2.63 bits per heavy atom. The second-order valence-electron chi connectivity index (χ2n) is 10.6. The summed E-state index contributed by atoms with van der Waals surface area (Å²) in [7, 11) is 0. The summed E-state index contributed by atoms with van der Waals surface area (Å²) in [6.45, 7) is 7.85. The van der Waals surface area contributed by atoms with Crippen LogP contribution in [-0.4, -0.2) is 49.2 Å². The van der Waals surface area contributed by atoms with Gasteiger partial charge in [-0.05, 0) is 85.6 Å². The molecule has 0 bridgehead atoms. The molecule has 3 aromatic heterocycles. The molecule has 0 spiro atoms. The van der Waals surface area contributed by atoms with Crippen molar-refractivity contribution in [2.45, 2.75) is 52.7 Å². The van der Waals surface area contributed by atoms with E-state index in [1.54, 1.807) is 12.5 Å². The van der Waals surface area contributed by atoms with Gasteiger partial charge in [0.25, 0.3) is 0 Å². The van der Waals surface area contributed by atoms with Crippen molar-refractivity contribution in [2.75, 3.05) is 25.0 Å². The van der Waals surface area contributed by atoms with Crippen LogP contribution in [0, 0.1) is 0 Å². The lowest BCUT2D eigenvalue weighted by molar-refractivity contribution is 0.270. The fourth-order valence-corrected chi connectivity index (χ4v) is 5.36. The standard InChI is InChI=1S/C34H39ClN6O2/c1-3-5-8-16-40(4-2)20-26-22-41(21-25(26)14-17-42)29-11-12-32-30(19-29)34(38-24-37-32)39-27-10-13-33(31(35)18-27)43-23-28-9-6-7-15-36-28/h6-7,9-13,15,18-19,21-22,24,42H,3-5,8,14,16-17,20,23H2,1-2H3,(H,37,38,39). The molecular weight excluding hydrogens is 560 g/mol. The zero-order valence-corrected chi connectivity index (χ0v) is 25.6. The van der Waals surface area contributed by atoms with Gasteiger partial charge in [-0.25, -0.2) is 9.97 Å². The first-order valence-electron chi connectivity index (χ1n) is 14.9. The molecule has 224 valence electrons. The van der Waals surface area contributed by atoms with E-state index >= 15 is 0 Å². The Balaban J connectivity index is 1.36. The van der Waals surface area contributed by atoms with Crippen LogP contribution < -0.4 is 10.1 Å². The first kappa shape index (κ1) is 30.5. The van der Waals surface area contributed by atoms with Crippen LogP contribution in [0.25, 0.3) is 16.6 Å². The third-order valence-corrected chi connectivity index (χ3v) is 7.81. The number of ether oxygens (including phenoxy) is 1. The summed E-state index contributed by atoms with van der Waals surface area (Å²) in [4.78, 5) is 15.8. The quantitative estimate of drug-likeness (QED) is 0.122. The van der Waals surface area contributed by atoms with Gasteiger partial charge in [0.2, 0.25) is 0 Å². The van der Waals surface area contributed by atoms with Crippen molar-refractivity contribution in [3.8, 4) is 11.4 Å². The lowest BCUT2D eigenvalue weighted by atomic mass is 10.1. The Hall–Kier alpha value is -3.98. The molecule has 0 aliphatic rings. The van der Waals surface area contributed by atoms with E-state index < -0.39 is 0 Å². The molecule has 0 radical (unpaired) electrons. The molecule has 2 N–H and O–H groups in total. The van der Waals surface area contributed by atoms with Crippen LogP contribution >= 0.6 is 11.6 Å². The highest BCUT2D eigenvalue weighted by atomic mass is 35.5. The summed E-state index contributed by atoms with van der Waals surface area (Å²) in [6, 6.07) is 17.5. The smallest absolute Gasteiger partial charge is 0.141 e. The van der Waals surface area contributed by atoms with E-state index in [4.69, 9.17) is 16.3 Å². The van der Waals surface area contributed by atoms with Crippen molar-refractivity contribution in [1.82, 2.24) is 24.4 Å². The van der Waals surface area contributed by atoms with Crippen molar-refractivity contribution in [1.29, 1.82) is 0 Å². The number of nitrogens with one attached hydrogen (secondary N) is 1. The van der Waals surface area contributed by atoms with Gasteiger partial charge < -0.3 is 19.7 Å². The Morgan fingerprint density at radius 2 is 1.86 bits per heavy atom. The number of aliphatic hydroxyl groups excluding tert-OH is 1. The number of aliphatic hydroxyl groups is 1. The Kier molecular flexibility index (Phi) is 10.6. The van der Waals surface area contributed by atoms with Gasteiger partial charge in [-0.15, -0.1) is 0 Å². The van der Waals surface area contributed by atoms with Crippen molar-refractivity contribution in [3.05, 3.63) is 101 Å². The molecule has 5 rings (SSSR count). The molecule has 0 atom stereocenters. The third kappa shape index (κ3) is 7.90. The maximum atomic E-state index is 9.76. The van der Waals surface area contributed by atoms with E-state index in [2.05, 4.69) is 68.1 Å². The molecule has 0 unspecified atom stereocenters. The zero-order valence-electron chi connectivity index (χ0n) is 24.8. The number of unbranched alkanes of at least 4 members (excludes halogenated alkanes) is 2. The maximum absolute atomic E-state index is 9.76. The highest BCUT2D eigenvalue weighted by molar-refractivity contribution is 6.32. The molecule has 0 aliphatic carbocycles. The first-order valence-corrected chi connectivity index (χ1v) is 15.3. The first-order chi connectivity index (χ1) is 21.1. The highest BCUT2D eigenvalue weighted by Crippen LogP contribution is 2.32. The Morgan fingerprint density at radius 1 is 0.977 bits per heavy atom. The minimum absolute atomic E-state index is 0.119. The number of rotatable bonds is 15. The van der Waals surface area contributed by atoms with Gasteiger partial charge in [0.15, 0.2) is 0 Å². The third-order valence-electron chi connectivity index (χ3n) is 7.52. The minimum atomic E-state index is 0.119. The minimum Gasteiger partial charge on any atom is -0.486 e. The molecule has 43 heavy (non-hydrogen) atoms. The number of aromatic nitrogens is 4. The predicted molar refractivity (Wildman–Crippen MR) is 173 cm³/mol. The summed E-state index contributed by atoms with van der Waals surface area (Å²) < 4.78 is 8.02. The van der Waals surface area contributed by atoms with Gasteiger partial charge in [-0.2, -0.15) is 0 Å². The van der Waals surface area contributed by atoms with Crippen LogP contribution in [-0.2, 0) is 19.6 Å². The number of nitrogens with zero attached hydrogens (tertiary/aromatic N) is 5. The Labute approximate surface area is 258 Å². The van der Waals surface area contributed by atoms with Crippen molar-refractivity contribution >= 4 is 34.0 Å². The number of halogens is 1. The molecule has 5 aromatic rings. The SMILES string of the molecule is CCCCCN(CC)Cc1cn(-c2ccc3ncnc(Nc4ccc(OCc5ccccn5)c(Cl)c4)c3c2)cc1CCO. The number of pyridine rings is 1. The molecule has 0 fully saturated rings. The number of fused-ring (bicyclic) bond motifs is 1. The largest absolute Gasteiger partial charge is 0.486 e. The van der Waals surface area contributed by atoms with Gasteiger partial charge in [0.1, 0.15) is 24.5 Å². The van der Waals surface area contributed by atoms with Crippen LogP contribution in [0.2, 0.25) is 5.02 Å². The molecule has 0 saturated carbocycles. The lowest BCUT2D eigenvalue weighted by Crippen LogP contribution is -2.24. The van der Waals surface area contributed by atoms with E-state index in [9.17, 15) is 5.11 Å². The van der Waals surface area contributed by atoms with Crippen LogP contribution in [0.3, 0.4) is 0 Å². The molecular formula is C34H39ClN6O2. The number of hydrogen-bond donors (Lipinski definition) is 2. The van der Waals surface area contributed by atoms with Crippen LogP contribution in [0.1, 0.15) is 49.9 Å². The summed E-state index contributed by atoms with van der Waals surface area (Å²) in [5.41, 5.74) is 5.86. The summed E-state index contributed by atoms with van der Waals surface area (Å²) >= 11 is 6.57. The van der Waals surface area contributed by atoms with E-state index in [0.29, 0.717) is 29.6 Å². The molecule has 2 aromatic carbocycles. The monoisotopic (exact) mass is 598 g/mol. The van der Waals surface area contributed by atoms with Crippen molar-refractivity contribution < 1.29 is 9.84 Å². The number of anilines is 2. The lowest BCUT2D eigenvalue weighted by Gasteiger charge is -2.20. The molecule has 3 heterocycles. The van der Waals surface area contributed by atoms with Gasteiger partial charge in [-0.1, -0.05) is 44.4 Å². The summed E-state index contributed by atoms with van der Waals surface area (Å²) in [5.74, 6) is 1.27. The molecule has 0 saturated heterocycles. The van der Waals surface area contributed by atoms with Crippen LogP contribution in [0.15, 0.2) is 79.5 Å². The van der Waals surface area contributed by atoms with Gasteiger partial charge in [0, 0.05) is 48.5 Å². The number of benzene rings is 2. The van der Waals surface area contributed by atoms with Gasteiger partial charge in [0.05, 0.1) is 16.2 Å².